The molecule has 162 valence electrons. The van der Waals surface area contributed by atoms with Gasteiger partial charge in [-0.15, -0.1) is 0 Å². The zero-order valence-corrected chi connectivity index (χ0v) is 18.5. The van der Waals surface area contributed by atoms with E-state index in [1.807, 2.05) is 19.1 Å². The molecular weight excluding hydrogens is 439 g/mol. The topological polar surface area (TPSA) is 66.5 Å². The van der Waals surface area contributed by atoms with Gasteiger partial charge in [0.1, 0.15) is 12.4 Å². The van der Waals surface area contributed by atoms with Crippen molar-refractivity contribution in [1.82, 2.24) is 5.32 Å². The fourth-order valence-corrected chi connectivity index (χ4v) is 4.49. The number of benzene rings is 3. The summed E-state index contributed by atoms with van der Waals surface area (Å²) >= 11 is 5.87. The van der Waals surface area contributed by atoms with Crippen LogP contribution < -0.4 is 9.62 Å². The molecule has 1 N–H and O–H groups in total. The molecule has 0 aliphatic heterocycles. The van der Waals surface area contributed by atoms with Gasteiger partial charge in [0.15, 0.2) is 0 Å². The second-order valence-electron chi connectivity index (χ2n) is 7.03. The Balaban J connectivity index is 1.76. The molecule has 0 radical (unpaired) electrons. The van der Waals surface area contributed by atoms with E-state index in [0.717, 1.165) is 27.6 Å². The number of sulfonamides is 1. The lowest BCUT2D eigenvalue weighted by Crippen LogP contribution is -2.41. The number of nitrogens with one attached hydrogen (secondary N) is 1. The van der Waals surface area contributed by atoms with E-state index in [0.29, 0.717) is 23.7 Å². The van der Waals surface area contributed by atoms with Crippen molar-refractivity contribution in [3.8, 4) is 0 Å². The normalized spacial score (nSPS) is 11.2. The van der Waals surface area contributed by atoms with Crippen molar-refractivity contribution in [2.75, 3.05) is 17.4 Å². The molecule has 0 unspecified atom stereocenters. The molecule has 5 nitrogen and oxygen atoms in total. The van der Waals surface area contributed by atoms with Crippen molar-refractivity contribution >= 4 is 33.2 Å². The van der Waals surface area contributed by atoms with Crippen LogP contribution in [0.25, 0.3) is 0 Å². The standard InChI is InChI=1S/C23H22ClFN2O3S/c1-17-2-10-21(11-3-17)27(31(29,30)22-12-8-20(25)9-13-22)16-23(28)26-15-14-18-4-6-19(24)7-5-18/h2-13H,14-16H2,1H3,(H,26,28). The van der Waals surface area contributed by atoms with E-state index >= 15 is 0 Å². The Morgan fingerprint density at radius 2 is 1.58 bits per heavy atom. The maximum Gasteiger partial charge on any atom is 0.264 e. The first-order valence-electron chi connectivity index (χ1n) is 9.62. The number of nitrogens with zero attached hydrogens (tertiary/aromatic N) is 1. The van der Waals surface area contributed by atoms with E-state index in [4.69, 9.17) is 11.6 Å². The van der Waals surface area contributed by atoms with Crippen LogP contribution in [0.3, 0.4) is 0 Å². The third-order valence-corrected chi connectivity index (χ3v) is 6.70. The first kappa shape index (κ1) is 22.8. The predicted octanol–water partition coefficient (Wildman–Crippen LogP) is 4.34. The van der Waals surface area contributed by atoms with Gasteiger partial charge in [0, 0.05) is 11.6 Å². The Kier molecular flexibility index (Phi) is 7.30. The van der Waals surface area contributed by atoms with Gasteiger partial charge in [0.2, 0.25) is 5.91 Å². The predicted molar refractivity (Wildman–Crippen MR) is 120 cm³/mol. The second kappa shape index (κ2) is 9.94. The highest BCUT2D eigenvalue weighted by molar-refractivity contribution is 7.92. The minimum atomic E-state index is -4.07. The van der Waals surface area contributed by atoms with Crippen LogP contribution in [0.4, 0.5) is 10.1 Å². The van der Waals surface area contributed by atoms with Gasteiger partial charge in [-0.25, -0.2) is 12.8 Å². The molecule has 1 amide bonds. The van der Waals surface area contributed by atoms with E-state index in [-0.39, 0.29) is 4.90 Å². The molecule has 0 heterocycles. The Morgan fingerprint density at radius 1 is 0.968 bits per heavy atom. The quantitative estimate of drug-likeness (QED) is 0.543. The van der Waals surface area contributed by atoms with Crippen molar-refractivity contribution in [2.45, 2.75) is 18.2 Å². The number of hydrogen-bond acceptors (Lipinski definition) is 3. The summed E-state index contributed by atoms with van der Waals surface area (Å²) in [6, 6.07) is 18.6. The summed E-state index contributed by atoms with van der Waals surface area (Å²) in [7, 11) is -4.07. The average Bonchev–Trinajstić information content (AvgIpc) is 2.74. The third kappa shape index (κ3) is 6.06. The van der Waals surface area contributed by atoms with E-state index in [1.165, 1.54) is 12.1 Å². The summed E-state index contributed by atoms with van der Waals surface area (Å²) in [5.41, 5.74) is 2.30. The molecule has 0 aliphatic rings. The molecule has 8 heteroatoms. The molecule has 0 aromatic heterocycles. The highest BCUT2D eigenvalue weighted by atomic mass is 35.5. The van der Waals surface area contributed by atoms with Gasteiger partial charge in [-0.05, 0) is 67.4 Å². The summed E-state index contributed by atoms with van der Waals surface area (Å²) < 4.78 is 40.7. The number of hydrogen-bond donors (Lipinski definition) is 1. The molecule has 0 spiro atoms. The Hall–Kier alpha value is -2.90. The van der Waals surface area contributed by atoms with Gasteiger partial charge in [0.25, 0.3) is 10.0 Å². The first-order valence-corrected chi connectivity index (χ1v) is 11.4. The van der Waals surface area contributed by atoms with Crippen LogP contribution in [-0.4, -0.2) is 27.4 Å². The first-order chi connectivity index (χ1) is 14.8. The monoisotopic (exact) mass is 460 g/mol. The van der Waals surface area contributed by atoms with Gasteiger partial charge in [-0.3, -0.25) is 9.10 Å². The maximum absolute atomic E-state index is 13.3. The third-order valence-electron chi connectivity index (χ3n) is 4.66. The maximum atomic E-state index is 13.3. The lowest BCUT2D eigenvalue weighted by atomic mass is 10.1. The summed E-state index contributed by atoms with van der Waals surface area (Å²) in [6.07, 6.45) is 0.582. The highest BCUT2D eigenvalue weighted by Crippen LogP contribution is 2.24. The molecule has 3 aromatic rings. The molecule has 0 atom stereocenters. The Bertz CT molecular complexity index is 1130. The minimum Gasteiger partial charge on any atom is -0.354 e. The molecule has 3 aromatic carbocycles. The molecule has 0 saturated heterocycles. The number of amides is 1. The SMILES string of the molecule is Cc1ccc(N(CC(=O)NCCc2ccc(Cl)cc2)S(=O)(=O)c2ccc(F)cc2)cc1. The molecular formula is C23H22ClFN2O3S. The van der Waals surface area contributed by atoms with Crippen molar-refractivity contribution in [1.29, 1.82) is 0 Å². The van der Waals surface area contributed by atoms with Crippen LogP contribution in [-0.2, 0) is 21.2 Å². The van der Waals surface area contributed by atoms with E-state index < -0.39 is 28.3 Å². The van der Waals surface area contributed by atoms with Crippen LogP contribution in [0, 0.1) is 12.7 Å². The van der Waals surface area contributed by atoms with Crippen molar-refractivity contribution < 1.29 is 17.6 Å². The Labute approximate surface area is 186 Å². The summed E-state index contributed by atoms with van der Waals surface area (Å²) in [4.78, 5) is 12.5. The lowest BCUT2D eigenvalue weighted by Gasteiger charge is -2.24. The molecule has 0 saturated carbocycles. The van der Waals surface area contributed by atoms with E-state index in [1.54, 1.807) is 36.4 Å². The fraction of sp³-hybridized carbons (Fsp3) is 0.174. The largest absolute Gasteiger partial charge is 0.354 e. The average molecular weight is 461 g/mol. The van der Waals surface area contributed by atoms with Crippen LogP contribution in [0.1, 0.15) is 11.1 Å². The number of anilines is 1. The van der Waals surface area contributed by atoms with Crippen LogP contribution in [0.2, 0.25) is 5.02 Å². The van der Waals surface area contributed by atoms with Gasteiger partial charge in [-0.2, -0.15) is 0 Å². The van der Waals surface area contributed by atoms with E-state index in [2.05, 4.69) is 5.32 Å². The lowest BCUT2D eigenvalue weighted by molar-refractivity contribution is -0.119. The summed E-state index contributed by atoms with van der Waals surface area (Å²) in [5, 5.41) is 3.38. The molecule has 31 heavy (non-hydrogen) atoms. The Morgan fingerprint density at radius 3 is 2.19 bits per heavy atom. The molecule has 0 aliphatic carbocycles. The summed E-state index contributed by atoms with van der Waals surface area (Å²) in [6.45, 7) is 1.83. The number of rotatable bonds is 8. The number of aryl methyl sites for hydroxylation is 1. The minimum absolute atomic E-state index is 0.0940. The second-order valence-corrected chi connectivity index (χ2v) is 9.33. The van der Waals surface area contributed by atoms with Gasteiger partial charge >= 0.3 is 0 Å². The van der Waals surface area contributed by atoms with Gasteiger partial charge < -0.3 is 5.32 Å². The van der Waals surface area contributed by atoms with Crippen LogP contribution >= 0.6 is 11.6 Å². The van der Waals surface area contributed by atoms with Gasteiger partial charge in [-0.1, -0.05) is 41.4 Å². The molecule has 3 rings (SSSR count). The van der Waals surface area contributed by atoms with Crippen molar-refractivity contribution in [3.05, 3.63) is 94.8 Å². The zero-order valence-electron chi connectivity index (χ0n) is 16.9. The van der Waals surface area contributed by atoms with Crippen molar-refractivity contribution in [3.63, 3.8) is 0 Å². The van der Waals surface area contributed by atoms with E-state index in [9.17, 15) is 17.6 Å². The molecule has 0 bridgehead atoms. The van der Waals surface area contributed by atoms with Crippen LogP contribution in [0.5, 0.6) is 0 Å². The van der Waals surface area contributed by atoms with Crippen molar-refractivity contribution in [2.24, 2.45) is 0 Å². The number of carbonyl (C=O) groups excluding carboxylic acids is 1. The highest BCUT2D eigenvalue weighted by Gasteiger charge is 2.27. The van der Waals surface area contributed by atoms with Gasteiger partial charge in [0.05, 0.1) is 10.6 Å². The molecule has 0 fully saturated rings. The number of halogens is 2. The fourth-order valence-electron chi connectivity index (χ4n) is 2.94. The smallest absolute Gasteiger partial charge is 0.264 e. The zero-order chi connectivity index (χ0) is 22.4. The number of carbonyl (C=O) groups is 1. The summed E-state index contributed by atoms with van der Waals surface area (Å²) in [5.74, 6) is -0.985. The van der Waals surface area contributed by atoms with Crippen LogP contribution in [0.15, 0.2) is 77.7 Å².